The maximum absolute atomic E-state index is 12.5. The summed E-state index contributed by atoms with van der Waals surface area (Å²) in [6.45, 7) is 4.04. The quantitative estimate of drug-likeness (QED) is 0.463. The minimum atomic E-state index is -0.0981. The minimum Gasteiger partial charge on any atom is -0.349 e. The van der Waals surface area contributed by atoms with Gasteiger partial charge in [-0.3, -0.25) is 9.36 Å². The van der Waals surface area contributed by atoms with Crippen molar-refractivity contribution in [3.8, 4) is 11.4 Å². The Balaban J connectivity index is 1.35. The molecule has 1 atom stereocenters. The van der Waals surface area contributed by atoms with Gasteiger partial charge >= 0.3 is 0 Å². The van der Waals surface area contributed by atoms with E-state index in [9.17, 15) is 4.79 Å². The number of carbonyl (C=O) groups is 1. The van der Waals surface area contributed by atoms with Crippen LogP contribution < -0.4 is 5.32 Å². The summed E-state index contributed by atoms with van der Waals surface area (Å²) < 4.78 is 3.71. The Morgan fingerprint density at radius 2 is 1.97 bits per heavy atom. The summed E-state index contributed by atoms with van der Waals surface area (Å²) in [4.78, 5) is 20.9. The molecule has 152 valence electrons. The Hall–Kier alpha value is -3.39. The van der Waals surface area contributed by atoms with Gasteiger partial charge in [-0.25, -0.2) is 14.6 Å². The number of benzene rings is 2. The van der Waals surface area contributed by atoms with Crippen molar-refractivity contribution in [2.24, 2.45) is 0 Å². The van der Waals surface area contributed by atoms with Gasteiger partial charge in [-0.1, -0.05) is 42.1 Å². The van der Waals surface area contributed by atoms with Crippen molar-refractivity contribution in [1.82, 2.24) is 29.6 Å². The Kier molecular flexibility index (Phi) is 5.94. The monoisotopic (exact) mass is 418 g/mol. The average Bonchev–Trinajstić information content (AvgIpc) is 3.45. The van der Waals surface area contributed by atoms with Crippen LogP contribution in [0.15, 0.2) is 78.7 Å². The summed E-state index contributed by atoms with van der Waals surface area (Å²) in [5, 5.41) is 7.97. The van der Waals surface area contributed by atoms with Crippen LogP contribution in [0.3, 0.4) is 0 Å². The van der Waals surface area contributed by atoms with Crippen LogP contribution in [0.2, 0.25) is 0 Å². The van der Waals surface area contributed by atoms with E-state index in [1.165, 1.54) is 18.1 Å². The summed E-state index contributed by atoms with van der Waals surface area (Å²) >= 11 is 1.42. The highest BCUT2D eigenvalue weighted by Crippen LogP contribution is 2.23. The number of aryl methyl sites for hydroxylation is 1. The van der Waals surface area contributed by atoms with Crippen LogP contribution in [0.5, 0.6) is 0 Å². The van der Waals surface area contributed by atoms with Crippen molar-refractivity contribution < 1.29 is 4.79 Å². The summed E-state index contributed by atoms with van der Waals surface area (Å²) in [6.07, 6.45) is 6.82. The Labute approximate surface area is 179 Å². The Morgan fingerprint density at radius 1 is 1.17 bits per heavy atom. The molecule has 0 saturated carbocycles. The van der Waals surface area contributed by atoms with Crippen molar-refractivity contribution in [3.63, 3.8) is 0 Å². The maximum Gasteiger partial charge on any atom is 0.230 e. The van der Waals surface area contributed by atoms with Gasteiger partial charge in [0.2, 0.25) is 5.91 Å². The summed E-state index contributed by atoms with van der Waals surface area (Å²) in [7, 11) is 0. The lowest BCUT2D eigenvalue weighted by Gasteiger charge is -2.15. The number of aromatic nitrogens is 5. The topological polar surface area (TPSA) is 77.6 Å². The normalized spacial score (nSPS) is 11.9. The number of nitrogens with zero attached hydrogens (tertiary/aromatic N) is 5. The number of rotatable bonds is 7. The van der Waals surface area contributed by atoms with E-state index in [0.29, 0.717) is 5.75 Å². The molecule has 0 radical (unpaired) electrons. The highest BCUT2D eigenvalue weighted by Gasteiger charge is 2.13. The van der Waals surface area contributed by atoms with Crippen molar-refractivity contribution in [2.45, 2.75) is 25.0 Å². The number of carbonyl (C=O) groups excluding carboxylic acids is 1. The third-order valence-electron chi connectivity index (χ3n) is 4.77. The van der Waals surface area contributed by atoms with E-state index in [1.54, 1.807) is 17.2 Å². The Bertz CT molecular complexity index is 1120. The van der Waals surface area contributed by atoms with Crippen LogP contribution in [0.25, 0.3) is 11.4 Å². The van der Waals surface area contributed by atoms with E-state index in [4.69, 9.17) is 0 Å². The largest absolute Gasteiger partial charge is 0.349 e. The fourth-order valence-corrected chi connectivity index (χ4v) is 3.94. The molecule has 0 fully saturated rings. The van der Waals surface area contributed by atoms with Gasteiger partial charge in [0, 0.05) is 12.4 Å². The molecule has 0 spiro atoms. The molecule has 0 aliphatic carbocycles. The molecule has 0 saturated heterocycles. The minimum absolute atomic E-state index is 0.0350. The third kappa shape index (κ3) is 4.44. The number of nitrogens with one attached hydrogen (secondary N) is 1. The summed E-state index contributed by atoms with van der Waals surface area (Å²) in [5.41, 5.74) is 4.18. The van der Waals surface area contributed by atoms with Gasteiger partial charge in [0.15, 0.2) is 5.16 Å². The summed E-state index contributed by atoms with van der Waals surface area (Å²) in [5.74, 6) is 0.261. The molecule has 8 heteroatoms. The van der Waals surface area contributed by atoms with Crippen molar-refractivity contribution in [3.05, 3.63) is 84.7 Å². The van der Waals surface area contributed by atoms with Crippen molar-refractivity contribution in [2.75, 3.05) is 5.75 Å². The fourth-order valence-electron chi connectivity index (χ4n) is 3.17. The van der Waals surface area contributed by atoms with Gasteiger partial charge < -0.3 is 5.32 Å². The molecule has 2 aromatic heterocycles. The van der Waals surface area contributed by atoms with Crippen LogP contribution >= 0.6 is 11.8 Å². The highest BCUT2D eigenvalue weighted by atomic mass is 32.2. The zero-order valence-electron chi connectivity index (χ0n) is 16.8. The molecule has 4 rings (SSSR count). The van der Waals surface area contributed by atoms with E-state index in [2.05, 4.69) is 33.4 Å². The number of imidazole rings is 1. The second-order valence-electron chi connectivity index (χ2n) is 6.88. The van der Waals surface area contributed by atoms with Crippen LogP contribution in [0, 0.1) is 6.92 Å². The zero-order valence-corrected chi connectivity index (χ0v) is 17.6. The van der Waals surface area contributed by atoms with E-state index >= 15 is 0 Å². The molecular weight excluding hydrogens is 396 g/mol. The lowest BCUT2D eigenvalue weighted by molar-refractivity contribution is -0.119. The maximum atomic E-state index is 12.5. The van der Waals surface area contributed by atoms with E-state index in [-0.39, 0.29) is 11.9 Å². The highest BCUT2D eigenvalue weighted by molar-refractivity contribution is 7.99. The predicted octanol–water partition coefficient (Wildman–Crippen LogP) is 3.73. The predicted molar refractivity (Wildman–Crippen MR) is 117 cm³/mol. The fraction of sp³-hybridized carbons (Fsp3) is 0.182. The van der Waals surface area contributed by atoms with Gasteiger partial charge in [0.1, 0.15) is 12.7 Å². The summed E-state index contributed by atoms with van der Waals surface area (Å²) in [6, 6.07) is 15.9. The molecule has 0 bridgehead atoms. The molecule has 1 amide bonds. The van der Waals surface area contributed by atoms with Gasteiger partial charge in [-0.2, -0.15) is 5.10 Å². The molecular formula is C22H22N6OS. The molecule has 2 aromatic carbocycles. The van der Waals surface area contributed by atoms with Gasteiger partial charge in [-0.05, 0) is 43.2 Å². The van der Waals surface area contributed by atoms with E-state index < -0.39 is 0 Å². The van der Waals surface area contributed by atoms with Crippen LogP contribution in [-0.4, -0.2) is 36.0 Å². The molecule has 30 heavy (non-hydrogen) atoms. The smallest absolute Gasteiger partial charge is 0.230 e. The first-order valence-electron chi connectivity index (χ1n) is 9.58. The van der Waals surface area contributed by atoms with Crippen LogP contribution in [0.4, 0.5) is 0 Å². The van der Waals surface area contributed by atoms with E-state index in [0.717, 1.165) is 27.7 Å². The third-order valence-corrected chi connectivity index (χ3v) is 5.73. The van der Waals surface area contributed by atoms with E-state index in [1.807, 2.05) is 60.2 Å². The first-order chi connectivity index (χ1) is 14.6. The van der Waals surface area contributed by atoms with Crippen LogP contribution in [0.1, 0.15) is 24.1 Å². The van der Waals surface area contributed by atoms with Gasteiger partial charge in [0.25, 0.3) is 0 Å². The van der Waals surface area contributed by atoms with Gasteiger partial charge in [0.05, 0.1) is 23.2 Å². The molecule has 0 aliphatic rings. The SMILES string of the molecule is Cc1ccccc1-n1ccnc1SCC(=O)N[C@H](C)c1ccc(-n2cncn2)cc1. The molecule has 0 aliphatic heterocycles. The van der Waals surface area contributed by atoms with Crippen LogP contribution in [-0.2, 0) is 4.79 Å². The zero-order chi connectivity index (χ0) is 20.9. The lowest BCUT2D eigenvalue weighted by atomic mass is 10.1. The number of hydrogen-bond donors (Lipinski definition) is 1. The standard InChI is InChI=1S/C22H22N6OS/c1-16-5-3-4-6-20(16)27-12-11-24-22(27)30-13-21(29)26-17(2)18-7-9-19(10-8-18)28-15-23-14-25-28/h3-12,14-15,17H,13H2,1-2H3,(H,26,29)/t17-/m1/s1. The second kappa shape index (κ2) is 8.96. The molecule has 4 aromatic rings. The Morgan fingerprint density at radius 3 is 2.70 bits per heavy atom. The number of para-hydroxylation sites is 1. The number of hydrogen-bond acceptors (Lipinski definition) is 5. The molecule has 7 nitrogen and oxygen atoms in total. The number of thioether (sulfide) groups is 1. The average molecular weight is 419 g/mol. The molecule has 2 heterocycles. The number of amides is 1. The lowest BCUT2D eigenvalue weighted by Crippen LogP contribution is -2.28. The molecule has 0 unspecified atom stereocenters. The van der Waals surface area contributed by atoms with Crippen molar-refractivity contribution >= 4 is 17.7 Å². The van der Waals surface area contributed by atoms with Crippen molar-refractivity contribution in [1.29, 1.82) is 0 Å². The molecule has 1 N–H and O–H groups in total. The first kappa shape index (κ1) is 19.9. The van der Waals surface area contributed by atoms with Gasteiger partial charge in [-0.15, -0.1) is 0 Å². The second-order valence-corrected chi connectivity index (χ2v) is 7.82. The first-order valence-corrected chi connectivity index (χ1v) is 10.6.